The summed E-state index contributed by atoms with van der Waals surface area (Å²) in [5.74, 6) is 0.639. The zero-order valence-corrected chi connectivity index (χ0v) is 20.1. The number of nitrogens with zero attached hydrogens (tertiary/aromatic N) is 2. The molecule has 0 radical (unpaired) electrons. The first kappa shape index (κ1) is 24.3. The molecule has 0 fully saturated rings. The van der Waals surface area contributed by atoms with Crippen molar-refractivity contribution < 1.29 is 14.3 Å². The van der Waals surface area contributed by atoms with Crippen molar-refractivity contribution in [1.82, 2.24) is 0 Å². The fraction of sp³-hybridized carbons (Fsp3) is 0.250. The average Bonchev–Trinajstić information content (AvgIpc) is 2.78. The van der Waals surface area contributed by atoms with Crippen molar-refractivity contribution in [3.8, 4) is 17.6 Å². The van der Waals surface area contributed by atoms with Gasteiger partial charge in [0.05, 0.1) is 10.7 Å². The summed E-state index contributed by atoms with van der Waals surface area (Å²) in [5, 5.41) is 12.3. The van der Waals surface area contributed by atoms with Gasteiger partial charge in [-0.05, 0) is 84.5 Å². The van der Waals surface area contributed by atoms with Crippen LogP contribution in [0.15, 0.2) is 54.6 Å². The Morgan fingerprint density at radius 2 is 1.94 bits per heavy atom. The van der Waals surface area contributed by atoms with E-state index in [1.807, 2.05) is 36.4 Å². The highest BCUT2D eigenvalue weighted by molar-refractivity contribution is 14.1. The first-order valence-electron chi connectivity index (χ1n) is 9.86. The van der Waals surface area contributed by atoms with Crippen LogP contribution in [0.5, 0.6) is 11.5 Å². The van der Waals surface area contributed by atoms with Crippen molar-refractivity contribution >= 4 is 45.9 Å². The van der Waals surface area contributed by atoms with E-state index in [4.69, 9.17) is 9.47 Å². The van der Waals surface area contributed by atoms with Crippen molar-refractivity contribution in [1.29, 1.82) is 5.26 Å². The van der Waals surface area contributed by atoms with E-state index in [2.05, 4.69) is 53.2 Å². The summed E-state index contributed by atoms with van der Waals surface area (Å²) < 4.78 is 11.8. The van der Waals surface area contributed by atoms with Crippen molar-refractivity contribution in [2.24, 2.45) is 0 Å². The molecule has 0 saturated carbocycles. The molecule has 6 nitrogen and oxygen atoms in total. The Morgan fingerprint density at radius 1 is 1.26 bits per heavy atom. The van der Waals surface area contributed by atoms with Gasteiger partial charge in [0, 0.05) is 24.5 Å². The number of nitrogens with one attached hydrogen (secondary N) is 1. The minimum Gasteiger partial charge on any atom is -0.493 e. The minimum atomic E-state index is -0.473. The number of methoxy groups -OCH3 is 1. The maximum Gasteiger partial charge on any atom is 0.266 e. The van der Waals surface area contributed by atoms with Crippen LogP contribution in [-0.4, -0.2) is 32.7 Å². The summed E-state index contributed by atoms with van der Waals surface area (Å²) in [6.45, 7) is 9.99. The lowest BCUT2D eigenvalue weighted by Gasteiger charge is -2.21. The van der Waals surface area contributed by atoms with Gasteiger partial charge in [-0.1, -0.05) is 12.7 Å². The molecule has 0 aliphatic rings. The smallest absolute Gasteiger partial charge is 0.266 e. The Morgan fingerprint density at radius 3 is 2.48 bits per heavy atom. The van der Waals surface area contributed by atoms with Crippen LogP contribution in [0.4, 0.5) is 11.4 Å². The monoisotopic (exact) mass is 531 g/mol. The molecule has 0 saturated heterocycles. The molecule has 2 aromatic carbocycles. The molecule has 0 atom stereocenters. The van der Waals surface area contributed by atoms with E-state index in [0.717, 1.165) is 22.3 Å². The van der Waals surface area contributed by atoms with E-state index >= 15 is 0 Å². The Kier molecular flexibility index (Phi) is 9.40. The number of rotatable bonds is 10. The third-order valence-electron chi connectivity index (χ3n) is 4.53. The van der Waals surface area contributed by atoms with Gasteiger partial charge in [-0.15, -0.1) is 0 Å². The highest BCUT2D eigenvalue weighted by Crippen LogP contribution is 2.34. The Balaban J connectivity index is 2.23. The maximum atomic E-state index is 12.6. The lowest BCUT2D eigenvalue weighted by Crippen LogP contribution is -2.21. The molecule has 1 N–H and O–H groups in total. The van der Waals surface area contributed by atoms with E-state index < -0.39 is 5.91 Å². The maximum absolute atomic E-state index is 12.6. The predicted octanol–water partition coefficient (Wildman–Crippen LogP) is 5.26. The van der Waals surface area contributed by atoms with Crippen molar-refractivity contribution in [3.05, 3.63) is 63.8 Å². The van der Waals surface area contributed by atoms with Crippen LogP contribution >= 0.6 is 22.6 Å². The molecule has 0 aliphatic carbocycles. The second-order valence-corrected chi connectivity index (χ2v) is 7.64. The molecular weight excluding hydrogens is 505 g/mol. The molecule has 1 amide bonds. The number of ether oxygens (including phenoxy) is 2. The number of carbonyl (C=O) groups is 1. The SMILES string of the molecule is C=CCOc1c(I)cc(/C=C(/C#N)C(=O)Nc2ccc(N(CC)CC)cc2)cc1OC. The summed E-state index contributed by atoms with van der Waals surface area (Å²) >= 11 is 2.13. The van der Waals surface area contributed by atoms with Crippen LogP contribution in [0, 0.1) is 14.9 Å². The average molecular weight is 531 g/mol. The van der Waals surface area contributed by atoms with Crippen LogP contribution in [0.25, 0.3) is 6.08 Å². The van der Waals surface area contributed by atoms with Crippen LogP contribution in [0.3, 0.4) is 0 Å². The first-order chi connectivity index (χ1) is 15.0. The van der Waals surface area contributed by atoms with Gasteiger partial charge in [0.15, 0.2) is 11.5 Å². The van der Waals surface area contributed by atoms with Crippen LogP contribution in [0.2, 0.25) is 0 Å². The zero-order chi connectivity index (χ0) is 22.8. The van der Waals surface area contributed by atoms with Gasteiger partial charge < -0.3 is 19.7 Å². The second-order valence-electron chi connectivity index (χ2n) is 6.48. The Labute approximate surface area is 197 Å². The molecule has 0 spiro atoms. The van der Waals surface area contributed by atoms with Gasteiger partial charge in [-0.3, -0.25) is 4.79 Å². The highest BCUT2D eigenvalue weighted by atomic mass is 127. The van der Waals surface area contributed by atoms with E-state index in [1.165, 1.54) is 6.08 Å². The first-order valence-corrected chi connectivity index (χ1v) is 10.9. The minimum absolute atomic E-state index is 0.00886. The quantitative estimate of drug-likeness (QED) is 0.196. The van der Waals surface area contributed by atoms with E-state index in [0.29, 0.717) is 29.4 Å². The molecular formula is C24H26IN3O3. The normalized spacial score (nSPS) is 10.7. The number of nitriles is 1. The zero-order valence-electron chi connectivity index (χ0n) is 17.9. The van der Waals surface area contributed by atoms with Crippen LogP contribution in [0.1, 0.15) is 19.4 Å². The van der Waals surface area contributed by atoms with Crippen molar-refractivity contribution in [3.63, 3.8) is 0 Å². The van der Waals surface area contributed by atoms with Gasteiger partial charge in [-0.25, -0.2) is 0 Å². The van der Waals surface area contributed by atoms with E-state index in [1.54, 1.807) is 19.3 Å². The van der Waals surface area contributed by atoms with Crippen molar-refractivity contribution in [2.45, 2.75) is 13.8 Å². The Hall–Kier alpha value is -2.99. The van der Waals surface area contributed by atoms with Gasteiger partial charge in [0.1, 0.15) is 18.2 Å². The van der Waals surface area contributed by atoms with Gasteiger partial charge in [0.25, 0.3) is 5.91 Å². The highest BCUT2D eigenvalue weighted by Gasteiger charge is 2.14. The molecule has 0 unspecified atom stereocenters. The number of benzene rings is 2. The fourth-order valence-electron chi connectivity index (χ4n) is 2.96. The molecule has 0 bridgehead atoms. The molecule has 0 aromatic heterocycles. The molecule has 2 aromatic rings. The van der Waals surface area contributed by atoms with E-state index in [9.17, 15) is 10.1 Å². The number of halogens is 1. The van der Waals surface area contributed by atoms with Crippen molar-refractivity contribution in [2.75, 3.05) is 37.0 Å². The number of carbonyl (C=O) groups excluding carboxylic acids is 1. The molecule has 0 heterocycles. The number of hydrogen-bond acceptors (Lipinski definition) is 5. The number of hydrogen-bond donors (Lipinski definition) is 1. The second kappa shape index (κ2) is 12.0. The summed E-state index contributed by atoms with van der Waals surface area (Å²) in [6.07, 6.45) is 3.18. The number of anilines is 2. The lowest BCUT2D eigenvalue weighted by molar-refractivity contribution is -0.112. The molecule has 7 heteroatoms. The molecule has 162 valence electrons. The summed E-state index contributed by atoms with van der Waals surface area (Å²) in [7, 11) is 1.54. The summed E-state index contributed by atoms with van der Waals surface area (Å²) in [4.78, 5) is 14.9. The van der Waals surface area contributed by atoms with E-state index in [-0.39, 0.29) is 5.57 Å². The molecule has 0 aliphatic heterocycles. The van der Waals surface area contributed by atoms with Gasteiger partial charge in [-0.2, -0.15) is 5.26 Å². The predicted molar refractivity (Wildman–Crippen MR) is 134 cm³/mol. The fourth-order valence-corrected chi connectivity index (χ4v) is 3.74. The third-order valence-corrected chi connectivity index (χ3v) is 5.33. The topological polar surface area (TPSA) is 74.6 Å². The Bertz CT molecular complexity index is 990. The molecule has 31 heavy (non-hydrogen) atoms. The summed E-state index contributed by atoms with van der Waals surface area (Å²) in [6, 6.07) is 13.1. The van der Waals surface area contributed by atoms with Gasteiger partial charge >= 0.3 is 0 Å². The van der Waals surface area contributed by atoms with Gasteiger partial charge in [0.2, 0.25) is 0 Å². The molecule has 2 rings (SSSR count). The third kappa shape index (κ3) is 6.49. The lowest BCUT2D eigenvalue weighted by atomic mass is 10.1. The summed E-state index contributed by atoms with van der Waals surface area (Å²) in [5.41, 5.74) is 2.36. The largest absolute Gasteiger partial charge is 0.493 e. The van der Waals surface area contributed by atoms with Crippen LogP contribution in [-0.2, 0) is 4.79 Å². The van der Waals surface area contributed by atoms with Crippen LogP contribution < -0.4 is 19.7 Å². The number of amides is 1. The standard InChI is InChI=1S/C24H26IN3O3/c1-5-12-31-23-21(25)14-17(15-22(23)30-4)13-18(16-26)24(29)27-19-8-10-20(11-9-19)28(6-2)7-3/h5,8-11,13-15H,1,6-7,12H2,2-4H3,(H,27,29)/b18-13-.